The lowest BCUT2D eigenvalue weighted by Crippen LogP contribution is -2.03. The van der Waals surface area contributed by atoms with Crippen molar-refractivity contribution in [3.8, 4) is 0 Å². The molecule has 0 fully saturated rings. The average molecular weight is 231 g/mol. The number of nitrogens with zero attached hydrogens (tertiary/aromatic N) is 1. The fraction of sp³-hybridized carbons (Fsp3) is 0.700. The Morgan fingerprint density at radius 2 is 2.21 bits per heavy atom. The predicted molar refractivity (Wildman–Crippen MR) is 64.0 cm³/mol. The van der Waals surface area contributed by atoms with E-state index < -0.39 is 0 Å². The van der Waals surface area contributed by atoms with Crippen LogP contribution < -0.4 is 0 Å². The largest absolute Gasteiger partial charge is 0.396 e. The van der Waals surface area contributed by atoms with Gasteiger partial charge in [-0.3, -0.25) is 0 Å². The van der Waals surface area contributed by atoms with Gasteiger partial charge in [0.1, 0.15) is 5.01 Å². The number of aromatic nitrogens is 1. The standard InChI is InChI=1S/C10H17NOS2/c1-7(4-12)5-13-6-10-11-8(2)9(3)14-10/h7,12H,4-6H2,1-3H3. The van der Waals surface area contributed by atoms with Gasteiger partial charge in [0.05, 0.1) is 5.69 Å². The number of thiazole rings is 1. The number of rotatable bonds is 5. The van der Waals surface area contributed by atoms with Crippen LogP contribution >= 0.6 is 23.1 Å². The first kappa shape index (κ1) is 12.0. The summed E-state index contributed by atoms with van der Waals surface area (Å²) in [4.78, 5) is 5.78. The minimum absolute atomic E-state index is 0.281. The molecular weight excluding hydrogens is 214 g/mol. The summed E-state index contributed by atoms with van der Waals surface area (Å²) in [6.07, 6.45) is 0. The third-order valence-corrected chi connectivity index (χ3v) is 4.55. The number of aliphatic hydroxyl groups is 1. The van der Waals surface area contributed by atoms with E-state index in [4.69, 9.17) is 5.11 Å². The molecule has 1 aromatic heterocycles. The topological polar surface area (TPSA) is 33.1 Å². The van der Waals surface area contributed by atoms with Gasteiger partial charge in [0.2, 0.25) is 0 Å². The van der Waals surface area contributed by atoms with Crippen LogP contribution in [0.4, 0.5) is 0 Å². The SMILES string of the molecule is Cc1nc(CSCC(C)CO)sc1C. The molecule has 1 aromatic rings. The van der Waals surface area contributed by atoms with E-state index in [1.54, 1.807) is 11.3 Å². The fourth-order valence-electron chi connectivity index (χ4n) is 1.00. The van der Waals surface area contributed by atoms with Crippen molar-refractivity contribution in [1.29, 1.82) is 0 Å². The minimum Gasteiger partial charge on any atom is -0.396 e. The van der Waals surface area contributed by atoms with Crippen molar-refractivity contribution < 1.29 is 5.11 Å². The number of aryl methyl sites for hydroxylation is 2. The van der Waals surface area contributed by atoms with E-state index in [1.165, 1.54) is 9.88 Å². The summed E-state index contributed by atoms with van der Waals surface area (Å²) in [6, 6.07) is 0. The Morgan fingerprint density at radius 3 is 2.71 bits per heavy atom. The Balaban J connectivity index is 2.31. The van der Waals surface area contributed by atoms with Crippen molar-refractivity contribution >= 4 is 23.1 Å². The molecule has 80 valence electrons. The second-order valence-electron chi connectivity index (χ2n) is 3.55. The van der Waals surface area contributed by atoms with Gasteiger partial charge in [-0.05, 0) is 25.5 Å². The summed E-state index contributed by atoms with van der Waals surface area (Å²) in [7, 11) is 0. The molecule has 0 radical (unpaired) electrons. The van der Waals surface area contributed by atoms with Crippen LogP contribution in [0.1, 0.15) is 22.5 Å². The zero-order chi connectivity index (χ0) is 10.6. The molecule has 0 saturated heterocycles. The molecule has 0 bridgehead atoms. The van der Waals surface area contributed by atoms with Gasteiger partial charge in [-0.25, -0.2) is 4.98 Å². The van der Waals surface area contributed by atoms with E-state index in [-0.39, 0.29) is 6.61 Å². The molecule has 14 heavy (non-hydrogen) atoms. The van der Waals surface area contributed by atoms with Gasteiger partial charge in [0, 0.05) is 17.2 Å². The van der Waals surface area contributed by atoms with Gasteiger partial charge in [0.15, 0.2) is 0 Å². The predicted octanol–water partition coefficient (Wildman–Crippen LogP) is 2.62. The highest BCUT2D eigenvalue weighted by Crippen LogP contribution is 2.22. The summed E-state index contributed by atoms with van der Waals surface area (Å²) in [6.45, 7) is 6.50. The summed E-state index contributed by atoms with van der Waals surface area (Å²) in [5.74, 6) is 2.37. The quantitative estimate of drug-likeness (QED) is 0.845. The molecule has 1 rings (SSSR count). The van der Waals surface area contributed by atoms with Crippen LogP contribution in [-0.4, -0.2) is 22.5 Å². The minimum atomic E-state index is 0.281. The van der Waals surface area contributed by atoms with Crippen LogP contribution in [0.5, 0.6) is 0 Å². The molecule has 0 aromatic carbocycles. The second kappa shape index (κ2) is 5.73. The highest BCUT2D eigenvalue weighted by Gasteiger charge is 2.05. The summed E-state index contributed by atoms with van der Waals surface area (Å²) >= 11 is 3.63. The number of aliphatic hydroxyl groups excluding tert-OH is 1. The number of hydrogen-bond acceptors (Lipinski definition) is 4. The highest BCUT2D eigenvalue weighted by molar-refractivity contribution is 7.98. The summed E-state index contributed by atoms with van der Waals surface area (Å²) in [5.41, 5.74) is 1.15. The second-order valence-corrected chi connectivity index (χ2v) is 5.87. The first-order valence-corrected chi connectivity index (χ1v) is 6.72. The van der Waals surface area contributed by atoms with E-state index in [1.807, 2.05) is 11.8 Å². The van der Waals surface area contributed by atoms with Crippen LogP contribution in [-0.2, 0) is 5.75 Å². The molecule has 0 aliphatic carbocycles. The smallest absolute Gasteiger partial charge is 0.103 e. The Hall–Kier alpha value is -0.0600. The first-order valence-electron chi connectivity index (χ1n) is 4.75. The van der Waals surface area contributed by atoms with Gasteiger partial charge >= 0.3 is 0 Å². The molecule has 0 saturated carbocycles. The van der Waals surface area contributed by atoms with Crippen LogP contribution in [0, 0.1) is 19.8 Å². The molecule has 4 heteroatoms. The van der Waals surface area contributed by atoms with Crippen LogP contribution in [0.3, 0.4) is 0 Å². The molecule has 0 amide bonds. The molecule has 1 unspecified atom stereocenters. The molecule has 1 heterocycles. The van der Waals surface area contributed by atoms with Crippen molar-refractivity contribution in [2.75, 3.05) is 12.4 Å². The Bertz CT molecular complexity index is 266. The van der Waals surface area contributed by atoms with Crippen LogP contribution in [0.15, 0.2) is 0 Å². The fourth-order valence-corrected chi connectivity index (χ4v) is 3.08. The lowest BCUT2D eigenvalue weighted by atomic mass is 10.2. The third kappa shape index (κ3) is 3.59. The van der Waals surface area contributed by atoms with Gasteiger partial charge in [-0.2, -0.15) is 11.8 Å². The van der Waals surface area contributed by atoms with E-state index in [0.717, 1.165) is 17.2 Å². The zero-order valence-corrected chi connectivity index (χ0v) is 10.5. The van der Waals surface area contributed by atoms with Crippen molar-refractivity contribution in [2.24, 2.45) is 5.92 Å². The molecular formula is C10H17NOS2. The average Bonchev–Trinajstić information content (AvgIpc) is 2.46. The summed E-state index contributed by atoms with van der Waals surface area (Å²) in [5, 5.41) is 10.1. The highest BCUT2D eigenvalue weighted by atomic mass is 32.2. The molecule has 0 spiro atoms. The van der Waals surface area contributed by atoms with Crippen molar-refractivity contribution in [3.63, 3.8) is 0 Å². The molecule has 2 nitrogen and oxygen atoms in total. The third-order valence-electron chi connectivity index (χ3n) is 2.01. The molecule has 1 atom stereocenters. The lowest BCUT2D eigenvalue weighted by Gasteiger charge is -2.05. The Morgan fingerprint density at radius 1 is 1.50 bits per heavy atom. The monoisotopic (exact) mass is 231 g/mol. The van der Waals surface area contributed by atoms with Gasteiger partial charge in [-0.15, -0.1) is 11.3 Å². The number of thioether (sulfide) groups is 1. The molecule has 0 aliphatic heterocycles. The van der Waals surface area contributed by atoms with Crippen LogP contribution in [0.25, 0.3) is 0 Å². The zero-order valence-electron chi connectivity index (χ0n) is 8.91. The maximum absolute atomic E-state index is 8.85. The summed E-state index contributed by atoms with van der Waals surface area (Å²) < 4.78 is 0. The maximum atomic E-state index is 8.85. The van der Waals surface area contributed by atoms with E-state index >= 15 is 0 Å². The Labute approximate surface area is 93.8 Å². The van der Waals surface area contributed by atoms with Crippen LogP contribution in [0.2, 0.25) is 0 Å². The normalized spacial score (nSPS) is 13.1. The maximum Gasteiger partial charge on any atom is 0.103 e. The van der Waals surface area contributed by atoms with Gasteiger partial charge < -0.3 is 5.11 Å². The van der Waals surface area contributed by atoms with E-state index in [0.29, 0.717) is 5.92 Å². The molecule has 0 aliphatic rings. The number of hydrogen-bond donors (Lipinski definition) is 1. The Kier molecular flexibility index (Phi) is 4.92. The van der Waals surface area contributed by atoms with Crippen molar-refractivity contribution in [1.82, 2.24) is 4.98 Å². The first-order chi connectivity index (χ1) is 6.63. The molecule has 1 N–H and O–H groups in total. The lowest BCUT2D eigenvalue weighted by molar-refractivity contribution is 0.250. The van der Waals surface area contributed by atoms with Crippen molar-refractivity contribution in [2.45, 2.75) is 26.5 Å². The van der Waals surface area contributed by atoms with Gasteiger partial charge in [-0.1, -0.05) is 6.92 Å². The van der Waals surface area contributed by atoms with Gasteiger partial charge in [0.25, 0.3) is 0 Å². The van der Waals surface area contributed by atoms with E-state index in [9.17, 15) is 0 Å². The van der Waals surface area contributed by atoms with Crippen molar-refractivity contribution in [3.05, 3.63) is 15.6 Å². The van der Waals surface area contributed by atoms with E-state index in [2.05, 4.69) is 25.8 Å².